The molecule has 0 aliphatic carbocycles. The Bertz CT molecular complexity index is 322. The molecule has 0 aromatic carbocycles. The van der Waals surface area contributed by atoms with E-state index in [0.29, 0.717) is 5.70 Å². The Kier molecular flexibility index (Phi) is 4.68. The van der Waals surface area contributed by atoms with Gasteiger partial charge in [0.25, 0.3) is 0 Å². The van der Waals surface area contributed by atoms with Gasteiger partial charge in [-0.05, 0) is 23.2 Å². The first-order chi connectivity index (χ1) is 7.29. The van der Waals surface area contributed by atoms with Gasteiger partial charge in [0.05, 0.1) is 5.70 Å². The van der Waals surface area contributed by atoms with E-state index in [2.05, 4.69) is 23.7 Å². The van der Waals surface area contributed by atoms with Crippen LogP contribution in [0.5, 0.6) is 0 Å². The average Bonchev–Trinajstić information content (AvgIpc) is 2.30. The topological polar surface area (TPSA) is 42.3 Å². The van der Waals surface area contributed by atoms with Gasteiger partial charge in [-0.3, -0.25) is 4.98 Å². The Labute approximate surface area is 90.2 Å². The normalized spacial score (nSPS) is 12.1. The number of unbranched alkanes of at least 4 members (excludes halogenated alkanes) is 1. The number of nitroso groups, excluding NO2 is 1. The molecule has 3 nitrogen and oxygen atoms in total. The van der Waals surface area contributed by atoms with Gasteiger partial charge >= 0.3 is 0 Å². The lowest BCUT2D eigenvalue weighted by Gasteiger charge is -2.14. The summed E-state index contributed by atoms with van der Waals surface area (Å²) in [5.41, 5.74) is 1.42. The summed E-state index contributed by atoms with van der Waals surface area (Å²) < 4.78 is 0. The molecule has 1 aromatic rings. The van der Waals surface area contributed by atoms with Gasteiger partial charge in [-0.25, -0.2) is 0 Å². The van der Waals surface area contributed by atoms with E-state index in [4.69, 9.17) is 0 Å². The van der Waals surface area contributed by atoms with Crippen molar-refractivity contribution in [2.45, 2.75) is 32.1 Å². The molecular formula is C12H16N2O. The minimum Gasteiger partial charge on any atom is -0.264 e. The number of hydrogen-bond donors (Lipinski definition) is 0. The smallest absolute Gasteiger partial charge is 0.0852 e. The molecule has 0 fully saturated rings. The van der Waals surface area contributed by atoms with E-state index < -0.39 is 0 Å². The molecule has 80 valence electrons. The van der Waals surface area contributed by atoms with Gasteiger partial charge in [-0.1, -0.05) is 32.4 Å². The van der Waals surface area contributed by atoms with Crippen LogP contribution in [0.25, 0.3) is 0 Å². The quantitative estimate of drug-likeness (QED) is 0.664. The predicted octanol–water partition coefficient (Wildman–Crippen LogP) is 3.64. The van der Waals surface area contributed by atoms with E-state index in [-0.39, 0.29) is 5.92 Å². The zero-order valence-electron chi connectivity index (χ0n) is 9.02. The monoisotopic (exact) mass is 204 g/mol. The molecule has 1 rings (SSSR count). The van der Waals surface area contributed by atoms with Crippen molar-refractivity contribution in [2.75, 3.05) is 0 Å². The second-order valence-corrected chi connectivity index (χ2v) is 3.56. The van der Waals surface area contributed by atoms with Gasteiger partial charge in [0.2, 0.25) is 0 Å². The molecule has 0 spiro atoms. The second kappa shape index (κ2) is 6.06. The summed E-state index contributed by atoms with van der Waals surface area (Å²) in [6.07, 6.45) is 6.57. The third-order valence-electron chi connectivity index (χ3n) is 2.45. The highest BCUT2D eigenvalue weighted by molar-refractivity contribution is 5.24. The first kappa shape index (κ1) is 11.6. The number of allylic oxidation sites excluding steroid dienone is 1. The maximum absolute atomic E-state index is 10.5. The molecular weight excluding hydrogens is 188 g/mol. The zero-order valence-corrected chi connectivity index (χ0v) is 9.02. The van der Waals surface area contributed by atoms with Crippen LogP contribution in [0.4, 0.5) is 0 Å². The van der Waals surface area contributed by atoms with Gasteiger partial charge in [0.15, 0.2) is 0 Å². The fourth-order valence-electron chi connectivity index (χ4n) is 1.58. The van der Waals surface area contributed by atoms with Crippen LogP contribution >= 0.6 is 0 Å². The number of hydrogen-bond acceptors (Lipinski definition) is 3. The summed E-state index contributed by atoms with van der Waals surface area (Å²) in [5, 5.41) is 2.95. The van der Waals surface area contributed by atoms with Gasteiger partial charge in [0, 0.05) is 18.3 Å². The highest BCUT2D eigenvalue weighted by atomic mass is 16.3. The van der Waals surface area contributed by atoms with Crippen LogP contribution in [0.15, 0.2) is 42.0 Å². The first-order valence-corrected chi connectivity index (χ1v) is 5.21. The number of rotatable bonds is 6. The van der Waals surface area contributed by atoms with Crippen molar-refractivity contribution in [3.8, 4) is 0 Å². The maximum Gasteiger partial charge on any atom is 0.0852 e. The van der Waals surface area contributed by atoms with Crippen LogP contribution in [-0.4, -0.2) is 4.98 Å². The number of pyridine rings is 1. The van der Waals surface area contributed by atoms with E-state index >= 15 is 0 Å². The van der Waals surface area contributed by atoms with Gasteiger partial charge in [-0.2, -0.15) is 0 Å². The van der Waals surface area contributed by atoms with Crippen LogP contribution < -0.4 is 0 Å². The summed E-state index contributed by atoms with van der Waals surface area (Å²) in [4.78, 5) is 14.6. The lowest BCUT2D eigenvalue weighted by molar-refractivity contribution is 0.636. The Morgan fingerprint density at radius 3 is 3.00 bits per heavy atom. The highest BCUT2D eigenvalue weighted by Crippen LogP contribution is 2.28. The molecule has 0 amide bonds. The van der Waals surface area contributed by atoms with E-state index in [0.717, 1.165) is 24.8 Å². The lowest BCUT2D eigenvalue weighted by Crippen LogP contribution is -2.00. The van der Waals surface area contributed by atoms with E-state index in [1.54, 1.807) is 12.4 Å². The van der Waals surface area contributed by atoms with Crippen molar-refractivity contribution in [3.05, 3.63) is 47.3 Å². The standard InChI is InChI=1S/C12H16N2O/c1-3-4-7-12(10(2)14-15)11-6-5-8-13-9-11/h5-6,8-9,12H,2-4,7H2,1H3. The van der Waals surface area contributed by atoms with Gasteiger partial charge in [-0.15, -0.1) is 4.91 Å². The van der Waals surface area contributed by atoms with Crippen LogP contribution in [0.2, 0.25) is 0 Å². The molecule has 3 heteroatoms. The summed E-state index contributed by atoms with van der Waals surface area (Å²) in [6, 6.07) is 3.83. The van der Waals surface area contributed by atoms with Crippen molar-refractivity contribution in [2.24, 2.45) is 5.18 Å². The van der Waals surface area contributed by atoms with E-state index in [1.165, 1.54) is 0 Å². The first-order valence-electron chi connectivity index (χ1n) is 5.21. The highest BCUT2D eigenvalue weighted by Gasteiger charge is 2.15. The Morgan fingerprint density at radius 2 is 2.47 bits per heavy atom. The van der Waals surface area contributed by atoms with Crippen molar-refractivity contribution >= 4 is 0 Å². The summed E-state index contributed by atoms with van der Waals surface area (Å²) in [7, 11) is 0. The van der Waals surface area contributed by atoms with Crippen LogP contribution in [0, 0.1) is 4.91 Å². The molecule has 0 saturated carbocycles. The Morgan fingerprint density at radius 1 is 1.67 bits per heavy atom. The second-order valence-electron chi connectivity index (χ2n) is 3.56. The van der Waals surface area contributed by atoms with Gasteiger partial charge in [0.1, 0.15) is 0 Å². The maximum atomic E-state index is 10.5. The zero-order chi connectivity index (χ0) is 11.1. The molecule has 1 unspecified atom stereocenters. The molecule has 0 aliphatic rings. The predicted molar refractivity (Wildman–Crippen MR) is 61.4 cm³/mol. The molecule has 0 aliphatic heterocycles. The summed E-state index contributed by atoms with van der Waals surface area (Å²) in [6.45, 7) is 5.82. The molecule has 0 N–H and O–H groups in total. The minimum absolute atomic E-state index is 0.0242. The van der Waals surface area contributed by atoms with Gasteiger partial charge < -0.3 is 0 Å². The minimum atomic E-state index is 0.0242. The summed E-state index contributed by atoms with van der Waals surface area (Å²) >= 11 is 0. The molecule has 1 heterocycles. The number of aromatic nitrogens is 1. The third-order valence-corrected chi connectivity index (χ3v) is 2.45. The Hall–Kier alpha value is -1.51. The van der Waals surface area contributed by atoms with Crippen LogP contribution in [0.3, 0.4) is 0 Å². The largest absolute Gasteiger partial charge is 0.264 e. The molecule has 15 heavy (non-hydrogen) atoms. The van der Waals surface area contributed by atoms with Crippen molar-refractivity contribution in [1.29, 1.82) is 0 Å². The van der Waals surface area contributed by atoms with Crippen LogP contribution in [-0.2, 0) is 0 Å². The van der Waals surface area contributed by atoms with Crippen LogP contribution in [0.1, 0.15) is 37.7 Å². The molecule has 0 bridgehead atoms. The average molecular weight is 204 g/mol. The fourth-order valence-corrected chi connectivity index (χ4v) is 1.58. The molecule has 0 radical (unpaired) electrons. The third kappa shape index (κ3) is 3.27. The molecule has 1 atom stereocenters. The van der Waals surface area contributed by atoms with Crippen molar-refractivity contribution in [1.82, 2.24) is 4.98 Å². The molecule has 1 aromatic heterocycles. The number of nitrogens with zero attached hydrogens (tertiary/aromatic N) is 2. The Balaban J connectivity index is 2.81. The van der Waals surface area contributed by atoms with Crippen molar-refractivity contribution < 1.29 is 0 Å². The van der Waals surface area contributed by atoms with E-state index in [1.807, 2.05) is 12.1 Å². The SMILES string of the molecule is C=C(N=O)C(CCCC)c1cccnc1. The summed E-state index contributed by atoms with van der Waals surface area (Å²) in [5.74, 6) is 0.0242. The van der Waals surface area contributed by atoms with Crippen molar-refractivity contribution in [3.63, 3.8) is 0 Å². The molecule has 0 saturated heterocycles. The van der Waals surface area contributed by atoms with E-state index in [9.17, 15) is 4.91 Å². The fraction of sp³-hybridized carbons (Fsp3) is 0.417. The lowest BCUT2D eigenvalue weighted by atomic mass is 9.92.